The van der Waals surface area contributed by atoms with E-state index < -0.39 is 0 Å². The number of carbonyl (C=O) groups is 1. The maximum absolute atomic E-state index is 12.2. The Labute approximate surface area is 139 Å². The predicted molar refractivity (Wildman–Crippen MR) is 92.0 cm³/mol. The summed E-state index contributed by atoms with van der Waals surface area (Å²) >= 11 is 5.91. The van der Waals surface area contributed by atoms with Crippen LogP contribution in [-0.2, 0) is 11.3 Å². The van der Waals surface area contributed by atoms with Crippen molar-refractivity contribution in [1.82, 2.24) is 10.2 Å². The molecule has 1 amide bonds. The van der Waals surface area contributed by atoms with Crippen LogP contribution in [0.1, 0.15) is 45.1 Å². The van der Waals surface area contributed by atoms with Gasteiger partial charge < -0.3 is 5.32 Å². The molecule has 4 heteroatoms. The van der Waals surface area contributed by atoms with Gasteiger partial charge in [-0.15, -0.1) is 0 Å². The fraction of sp³-hybridized carbons (Fsp3) is 0.611. The molecule has 1 aliphatic heterocycles. The predicted octanol–water partition coefficient (Wildman–Crippen LogP) is 3.86. The fourth-order valence-electron chi connectivity index (χ4n) is 3.07. The molecule has 2 rings (SSSR count). The first-order chi connectivity index (χ1) is 10.6. The minimum Gasteiger partial charge on any atom is -0.353 e. The van der Waals surface area contributed by atoms with Gasteiger partial charge in [0.05, 0.1) is 0 Å². The highest BCUT2D eigenvalue weighted by Gasteiger charge is 2.25. The molecular weight excluding hydrogens is 296 g/mol. The number of halogens is 1. The Balaban J connectivity index is 1.75. The summed E-state index contributed by atoms with van der Waals surface area (Å²) in [6.45, 7) is 7.17. The quantitative estimate of drug-likeness (QED) is 0.862. The largest absolute Gasteiger partial charge is 0.353 e. The maximum atomic E-state index is 12.2. The van der Waals surface area contributed by atoms with Gasteiger partial charge in [0.15, 0.2) is 0 Å². The van der Waals surface area contributed by atoms with Crippen molar-refractivity contribution < 1.29 is 4.79 Å². The number of amides is 1. The Hall–Kier alpha value is -1.06. The zero-order valence-electron chi connectivity index (χ0n) is 13.6. The molecule has 1 fully saturated rings. The molecule has 0 spiro atoms. The van der Waals surface area contributed by atoms with Gasteiger partial charge in [-0.1, -0.05) is 37.1 Å². The Morgan fingerprint density at radius 3 is 2.55 bits per heavy atom. The van der Waals surface area contributed by atoms with Gasteiger partial charge in [-0.25, -0.2) is 0 Å². The molecule has 1 aromatic rings. The van der Waals surface area contributed by atoms with Crippen LogP contribution in [0.15, 0.2) is 24.3 Å². The molecule has 1 saturated heterocycles. The standard InChI is InChI=1S/C18H27ClN2O/c1-3-4-14(2)20-18(22)16-9-11-21(12-10-16)13-15-5-7-17(19)8-6-15/h5-8,14,16H,3-4,9-13H2,1-2H3,(H,20,22)/t14-/m1/s1. The van der Waals surface area contributed by atoms with Gasteiger partial charge in [0.1, 0.15) is 0 Å². The van der Waals surface area contributed by atoms with Crippen LogP contribution >= 0.6 is 11.6 Å². The van der Waals surface area contributed by atoms with Gasteiger partial charge >= 0.3 is 0 Å². The van der Waals surface area contributed by atoms with E-state index in [-0.39, 0.29) is 11.8 Å². The first-order valence-corrected chi connectivity index (χ1v) is 8.73. The summed E-state index contributed by atoms with van der Waals surface area (Å²) < 4.78 is 0. The van der Waals surface area contributed by atoms with E-state index in [2.05, 4.69) is 36.2 Å². The van der Waals surface area contributed by atoms with Crippen LogP contribution < -0.4 is 5.32 Å². The monoisotopic (exact) mass is 322 g/mol. The van der Waals surface area contributed by atoms with E-state index in [1.165, 1.54) is 5.56 Å². The number of rotatable bonds is 6. The summed E-state index contributed by atoms with van der Waals surface area (Å²) in [4.78, 5) is 14.7. The van der Waals surface area contributed by atoms with Gasteiger partial charge in [-0.3, -0.25) is 9.69 Å². The molecule has 1 N–H and O–H groups in total. The highest BCUT2D eigenvalue weighted by Crippen LogP contribution is 2.20. The number of hydrogen-bond donors (Lipinski definition) is 1. The second-order valence-corrected chi connectivity index (χ2v) is 6.81. The molecular formula is C18H27ClN2O. The molecule has 22 heavy (non-hydrogen) atoms. The molecule has 0 bridgehead atoms. The third-order valence-electron chi connectivity index (χ3n) is 4.39. The van der Waals surface area contributed by atoms with Gasteiger partial charge in [0, 0.05) is 23.5 Å². The molecule has 0 unspecified atom stereocenters. The lowest BCUT2D eigenvalue weighted by Gasteiger charge is -2.31. The Morgan fingerprint density at radius 1 is 1.32 bits per heavy atom. The number of likely N-dealkylation sites (tertiary alicyclic amines) is 1. The minimum atomic E-state index is 0.181. The molecule has 1 aromatic carbocycles. The van der Waals surface area contributed by atoms with Crippen LogP contribution in [0, 0.1) is 5.92 Å². The summed E-state index contributed by atoms with van der Waals surface area (Å²) in [7, 11) is 0. The van der Waals surface area contributed by atoms with Crippen molar-refractivity contribution in [3.63, 3.8) is 0 Å². The number of nitrogens with zero attached hydrogens (tertiary/aromatic N) is 1. The normalized spacial score (nSPS) is 18.1. The second-order valence-electron chi connectivity index (χ2n) is 6.38. The fourth-order valence-corrected chi connectivity index (χ4v) is 3.19. The van der Waals surface area contributed by atoms with E-state index in [9.17, 15) is 4.79 Å². The second kappa shape index (κ2) is 8.54. The Bertz CT molecular complexity index is 466. The lowest BCUT2D eigenvalue weighted by atomic mass is 9.95. The van der Waals surface area contributed by atoms with Crippen LogP contribution in [0.4, 0.5) is 0 Å². The van der Waals surface area contributed by atoms with Crippen molar-refractivity contribution in [2.24, 2.45) is 5.92 Å². The van der Waals surface area contributed by atoms with E-state index in [1.807, 2.05) is 12.1 Å². The van der Waals surface area contributed by atoms with Crippen LogP contribution in [0.3, 0.4) is 0 Å². The Kier molecular flexibility index (Phi) is 6.71. The van der Waals surface area contributed by atoms with Crippen LogP contribution in [0.2, 0.25) is 5.02 Å². The summed E-state index contributed by atoms with van der Waals surface area (Å²) in [5.74, 6) is 0.424. The van der Waals surface area contributed by atoms with Crippen LogP contribution in [0.25, 0.3) is 0 Å². The van der Waals surface area contributed by atoms with Gasteiger partial charge in [0.2, 0.25) is 5.91 Å². The molecule has 122 valence electrons. The number of nitrogens with one attached hydrogen (secondary N) is 1. The average Bonchev–Trinajstić information content (AvgIpc) is 2.50. The number of carbonyl (C=O) groups excluding carboxylic acids is 1. The lowest BCUT2D eigenvalue weighted by Crippen LogP contribution is -2.42. The number of benzene rings is 1. The maximum Gasteiger partial charge on any atom is 0.223 e. The van der Waals surface area contributed by atoms with Gasteiger partial charge in [-0.2, -0.15) is 0 Å². The average molecular weight is 323 g/mol. The third-order valence-corrected chi connectivity index (χ3v) is 4.64. The molecule has 0 aliphatic carbocycles. The molecule has 1 aliphatic rings. The summed E-state index contributed by atoms with van der Waals surface area (Å²) in [5.41, 5.74) is 1.28. The smallest absolute Gasteiger partial charge is 0.223 e. The third kappa shape index (κ3) is 5.29. The summed E-state index contributed by atoms with van der Waals surface area (Å²) in [6.07, 6.45) is 4.08. The zero-order valence-corrected chi connectivity index (χ0v) is 14.4. The van der Waals surface area contributed by atoms with Crippen molar-refractivity contribution in [2.45, 2.75) is 52.1 Å². The van der Waals surface area contributed by atoms with Crippen molar-refractivity contribution in [3.8, 4) is 0 Å². The van der Waals surface area contributed by atoms with E-state index >= 15 is 0 Å². The zero-order chi connectivity index (χ0) is 15.9. The number of hydrogen-bond acceptors (Lipinski definition) is 2. The minimum absolute atomic E-state index is 0.181. The highest BCUT2D eigenvalue weighted by molar-refractivity contribution is 6.30. The van der Waals surface area contributed by atoms with Crippen LogP contribution in [-0.4, -0.2) is 29.9 Å². The molecule has 0 radical (unpaired) electrons. The van der Waals surface area contributed by atoms with Gasteiger partial charge in [0.25, 0.3) is 0 Å². The van der Waals surface area contributed by atoms with E-state index in [0.29, 0.717) is 6.04 Å². The van der Waals surface area contributed by atoms with Crippen molar-refractivity contribution in [2.75, 3.05) is 13.1 Å². The van der Waals surface area contributed by atoms with Crippen molar-refractivity contribution >= 4 is 17.5 Å². The summed E-state index contributed by atoms with van der Waals surface area (Å²) in [6, 6.07) is 8.32. The Morgan fingerprint density at radius 2 is 1.95 bits per heavy atom. The topological polar surface area (TPSA) is 32.3 Å². The number of piperidine rings is 1. The molecule has 0 saturated carbocycles. The molecule has 0 aromatic heterocycles. The van der Waals surface area contributed by atoms with Crippen molar-refractivity contribution in [1.29, 1.82) is 0 Å². The van der Waals surface area contributed by atoms with E-state index in [0.717, 1.165) is 50.3 Å². The van der Waals surface area contributed by atoms with Crippen molar-refractivity contribution in [3.05, 3.63) is 34.9 Å². The van der Waals surface area contributed by atoms with E-state index in [4.69, 9.17) is 11.6 Å². The first-order valence-electron chi connectivity index (χ1n) is 8.35. The first kappa shape index (κ1) is 17.3. The molecule has 3 nitrogen and oxygen atoms in total. The highest BCUT2D eigenvalue weighted by atomic mass is 35.5. The van der Waals surface area contributed by atoms with E-state index in [1.54, 1.807) is 0 Å². The molecule has 1 heterocycles. The van der Waals surface area contributed by atoms with Gasteiger partial charge in [-0.05, 0) is 57.0 Å². The van der Waals surface area contributed by atoms with Crippen LogP contribution in [0.5, 0.6) is 0 Å². The summed E-state index contributed by atoms with van der Waals surface area (Å²) in [5, 5.41) is 3.93. The SMILES string of the molecule is CCC[C@@H](C)NC(=O)C1CCN(Cc2ccc(Cl)cc2)CC1. The lowest BCUT2D eigenvalue weighted by molar-refractivity contribution is -0.127. The molecule has 1 atom stereocenters.